The largest absolute Gasteiger partial charge is 0.343 e. The fourth-order valence-corrected chi connectivity index (χ4v) is 4.03. The van der Waals surface area contributed by atoms with Crippen LogP contribution in [0.15, 0.2) is 30.3 Å². The number of aromatic amines is 1. The van der Waals surface area contributed by atoms with Gasteiger partial charge in [0.15, 0.2) is 0 Å². The van der Waals surface area contributed by atoms with Crippen molar-refractivity contribution in [2.24, 2.45) is 5.92 Å². The summed E-state index contributed by atoms with van der Waals surface area (Å²) >= 11 is 8.21. The highest BCUT2D eigenvalue weighted by molar-refractivity contribution is 7.98. The zero-order valence-electron chi connectivity index (χ0n) is 17.8. The van der Waals surface area contributed by atoms with Crippen LogP contribution < -0.4 is 5.32 Å². The third kappa shape index (κ3) is 5.46. The first kappa shape index (κ1) is 22.4. The highest BCUT2D eigenvalue weighted by Crippen LogP contribution is 2.23. The first-order chi connectivity index (χ1) is 14.4. The number of nitrogens with zero attached hydrogens (tertiary/aromatic N) is 3. The normalized spacial score (nSPS) is 12.9. The van der Waals surface area contributed by atoms with Gasteiger partial charge in [0, 0.05) is 18.2 Å². The number of para-hydroxylation sites is 2. The Hall–Kier alpha value is -2.25. The van der Waals surface area contributed by atoms with Crippen molar-refractivity contribution in [2.45, 2.75) is 39.8 Å². The predicted molar refractivity (Wildman–Crippen MR) is 126 cm³/mol. The van der Waals surface area contributed by atoms with E-state index < -0.39 is 0 Å². The van der Waals surface area contributed by atoms with Gasteiger partial charge in [-0.2, -0.15) is 16.9 Å². The maximum atomic E-state index is 12.7. The molecule has 2 aromatic heterocycles. The van der Waals surface area contributed by atoms with Gasteiger partial charge in [0.05, 0.1) is 22.8 Å². The Balaban J connectivity index is 1.75. The van der Waals surface area contributed by atoms with Gasteiger partial charge >= 0.3 is 0 Å². The smallest absolute Gasteiger partial charge is 0.244 e. The number of fused-ring (bicyclic) bond motifs is 1. The number of H-pyrrole nitrogens is 1. The lowest BCUT2D eigenvalue weighted by Crippen LogP contribution is -2.28. The van der Waals surface area contributed by atoms with Gasteiger partial charge < -0.3 is 10.3 Å². The number of hydrogen-bond acceptors (Lipinski definition) is 4. The van der Waals surface area contributed by atoms with Gasteiger partial charge in [0.2, 0.25) is 5.91 Å². The second-order valence-electron chi connectivity index (χ2n) is 7.68. The van der Waals surface area contributed by atoms with E-state index in [1.54, 1.807) is 22.5 Å². The van der Waals surface area contributed by atoms with E-state index in [0.717, 1.165) is 46.8 Å². The number of nitrogens with one attached hydrogen (secondary N) is 2. The van der Waals surface area contributed by atoms with Crippen molar-refractivity contribution in [1.82, 2.24) is 25.1 Å². The van der Waals surface area contributed by atoms with E-state index in [4.69, 9.17) is 11.6 Å². The molecule has 2 heterocycles. The number of benzene rings is 1. The Morgan fingerprint density at radius 1 is 1.37 bits per heavy atom. The predicted octanol–water partition coefficient (Wildman–Crippen LogP) is 5.00. The molecule has 0 spiro atoms. The zero-order valence-corrected chi connectivity index (χ0v) is 19.3. The lowest BCUT2D eigenvalue weighted by molar-refractivity contribution is -0.117. The number of thioether (sulfide) groups is 1. The molecule has 0 aliphatic heterocycles. The van der Waals surface area contributed by atoms with Crippen LogP contribution in [0.2, 0.25) is 5.15 Å². The number of imidazole rings is 1. The van der Waals surface area contributed by atoms with Crippen molar-refractivity contribution in [3.63, 3.8) is 0 Å². The molecule has 0 radical (unpaired) electrons. The fraction of sp³-hybridized carbons (Fsp3) is 0.409. The topological polar surface area (TPSA) is 75.6 Å². The summed E-state index contributed by atoms with van der Waals surface area (Å²) in [5, 5.41) is 8.12. The van der Waals surface area contributed by atoms with Gasteiger partial charge in [-0.25, -0.2) is 4.98 Å². The monoisotopic (exact) mass is 445 g/mol. The van der Waals surface area contributed by atoms with Gasteiger partial charge in [-0.15, -0.1) is 0 Å². The van der Waals surface area contributed by atoms with Gasteiger partial charge in [0.25, 0.3) is 0 Å². The standard InChI is InChI=1S/C22H28ClN5OS/c1-14(2)13-28-21(23)16(15(3)27-28)9-10-20(29)24-19(11-12-30-4)22-25-17-7-5-6-8-18(17)26-22/h5-10,14,19H,11-13H2,1-4H3,(H,24,29)(H,25,26)/b10-9+. The molecule has 8 heteroatoms. The Morgan fingerprint density at radius 3 is 2.83 bits per heavy atom. The molecule has 2 N–H and O–H groups in total. The molecule has 0 bridgehead atoms. The first-order valence-corrected chi connectivity index (χ1v) is 11.8. The van der Waals surface area contributed by atoms with E-state index in [1.807, 2.05) is 31.2 Å². The van der Waals surface area contributed by atoms with Crippen LogP contribution in [0.1, 0.15) is 43.4 Å². The number of rotatable bonds is 9. The van der Waals surface area contributed by atoms with Crippen LogP contribution >= 0.6 is 23.4 Å². The number of aromatic nitrogens is 4. The molecule has 1 atom stereocenters. The molecule has 0 saturated heterocycles. The molecule has 1 amide bonds. The molecule has 0 fully saturated rings. The van der Waals surface area contributed by atoms with Crippen LogP contribution in [0.4, 0.5) is 0 Å². The minimum Gasteiger partial charge on any atom is -0.343 e. The summed E-state index contributed by atoms with van der Waals surface area (Å²) in [5.41, 5.74) is 3.44. The van der Waals surface area contributed by atoms with E-state index in [-0.39, 0.29) is 11.9 Å². The van der Waals surface area contributed by atoms with Crippen molar-refractivity contribution in [2.75, 3.05) is 12.0 Å². The molecule has 3 aromatic rings. The molecule has 0 aliphatic rings. The van der Waals surface area contributed by atoms with Crippen molar-refractivity contribution >= 4 is 46.4 Å². The van der Waals surface area contributed by atoms with Crippen LogP contribution in [0.3, 0.4) is 0 Å². The summed E-state index contributed by atoms with van der Waals surface area (Å²) in [6.45, 7) is 6.87. The van der Waals surface area contributed by atoms with Crippen LogP contribution in [0, 0.1) is 12.8 Å². The molecule has 3 rings (SSSR count). The van der Waals surface area contributed by atoms with Crippen LogP contribution in [0.5, 0.6) is 0 Å². The second-order valence-corrected chi connectivity index (χ2v) is 9.02. The Morgan fingerprint density at radius 2 is 2.13 bits per heavy atom. The summed E-state index contributed by atoms with van der Waals surface area (Å²) in [5.74, 6) is 1.93. The van der Waals surface area contributed by atoms with E-state index in [1.165, 1.54) is 6.08 Å². The van der Waals surface area contributed by atoms with Crippen LogP contribution in [0.25, 0.3) is 17.1 Å². The molecule has 30 heavy (non-hydrogen) atoms. The third-order valence-corrected chi connectivity index (χ3v) is 5.76. The van der Waals surface area contributed by atoms with Gasteiger partial charge in [-0.3, -0.25) is 9.48 Å². The maximum absolute atomic E-state index is 12.7. The Bertz CT molecular complexity index is 1010. The maximum Gasteiger partial charge on any atom is 0.244 e. The molecular weight excluding hydrogens is 418 g/mol. The minimum absolute atomic E-state index is 0.186. The highest BCUT2D eigenvalue weighted by Gasteiger charge is 2.18. The lowest BCUT2D eigenvalue weighted by atomic mass is 10.2. The minimum atomic E-state index is -0.192. The van der Waals surface area contributed by atoms with E-state index >= 15 is 0 Å². The van der Waals surface area contributed by atoms with Crippen molar-refractivity contribution in [1.29, 1.82) is 0 Å². The molecule has 6 nitrogen and oxygen atoms in total. The molecule has 160 valence electrons. The van der Waals surface area contributed by atoms with Crippen molar-refractivity contribution in [3.8, 4) is 0 Å². The summed E-state index contributed by atoms with van der Waals surface area (Å²) < 4.78 is 1.79. The number of carbonyl (C=O) groups excluding carboxylic acids is 1. The molecule has 0 saturated carbocycles. The first-order valence-electron chi connectivity index (χ1n) is 10.0. The molecular formula is C22H28ClN5OS. The number of amides is 1. The molecule has 1 unspecified atom stereocenters. The number of halogens is 1. The average Bonchev–Trinajstić information content (AvgIpc) is 3.24. The summed E-state index contributed by atoms with van der Waals surface area (Å²) in [6, 6.07) is 7.67. The molecule has 1 aromatic carbocycles. The Labute approximate surface area is 186 Å². The second kappa shape index (κ2) is 10.2. The summed E-state index contributed by atoms with van der Waals surface area (Å²) in [7, 11) is 0. The molecule has 0 aliphatic carbocycles. The van der Waals surface area contributed by atoms with Crippen molar-refractivity contribution < 1.29 is 4.79 Å². The van der Waals surface area contributed by atoms with Gasteiger partial charge in [0.1, 0.15) is 11.0 Å². The zero-order chi connectivity index (χ0) is 21.7. The number of carbonyl (C=O) groups is 1. The summed E-state index contributed by atoms with van der Waals surface area (Å²) in [4.78, 5) is 20.7. The van der Waals surface area contributed by atoms with Crippen LogP contribution in [-0.4, -0.2) is 37.7 Å². The average molecular weight is 446 g/mol. The summed E-state index contributed by atoms with van der Waals surface area (Å²) in [6.07, 6.45) is 6.09. The van der Waals surface area contributed by atoms with E-state index in [2.05, 4.69) is 40.5 Å². The third-order valence-electron chi connectivity index (χ3n) is 4.71. The van der Waals surface area contributed by atoms with Crippen molar-refractivity contribution in [3.05, 3.63) is 52.6 Å². The van der Waals surface area contributed by atoms with Gasteiger partial charge in [-0.05, 0) is 49.5 Å². The Kier molecular flexibility index (Phi) is 7.61. The van der Waals surface area contributed by atoms with E-state index in [0.29, 0.717) is 11.1 Å². The lowest BCUT2D eigenvalue weighted by Gasteiger charge is -2.15. The SMILES string of the molecule is CSCCC(NC(=O)/C=C/c1c(C)nn(CC(C)C)c1Cl)c1nc2ccccc2[nH]1. The fourth-order valence-electron chi connectivity index (χ4n) is 3.25. The van der Waals surface area contributed by atoms with Crippen LogP contribution in [-0.2, 0) is 11.3 Å². The van der Waals surface area contributed by atoms with Gasteiger partial charge in [-0.1, -0.05) is 37.6 Å². The quantitative estimate of drug-likeness (QED) is 0.454. The number of hydrogen-bond donors (Lipinski definition) is 2. The van der Waals surface area contributed by atoms with E-state index in [9.17, 15) is 4.79 Å². The highest BCUT2D eigenvalue weighted by atomic mass is 35.5. The number of aryl methyl sites for hydroxylation is 1.